The van der Waals surface area contributed by atoms with Crippen LogP contribution in [-0.2, 0) is 0 Å². The van der Waals surface area contributed by atoms with E-state index in [0.717, 1.165) is 12.8 Å². The Kier molecular flexibility index (Phi) is 9.28. The van der Waals surface area contributed by atoms with Gasteiger partial charge >= 0.3 is 0 Å². The molecule has 0 aliphatic rings. The van der Waals surface area contributed by atoms with Gasteiger partial charge in [-0.3, -0.25) is 14.9 Å². The molecule has 2 aromatic rings. The minimum atomic E-state index is -0.340. The van der Waals surface area contributed by atoms with Gasteiger partial charge in [-0.1, -0.05) is 39.3 Å². The van der Waals surface area contributed by atoms with Gasteiger partial charge in [0, 0.05) is 12.1 Å². The second-order valence-electron chi connectivity index (χ2n) is 7.29. The maximum atomic E-state index is 12.5. The molecule has 0 unspecified atom stereocenters. The average Bonchev–Trinajstić information content (AvgIpc) is 2.73. The summed E-state index contributed by atoms with van der Waals surface area (Å²) in [4.78, 5) is 24.9. The zero-order chi connectivity index (χ0) is 21.9. The average molecular weight is 428 g/mol. The molecule has 0 spiro atoms. The van der Waals surface area contributed by atoms with E-state index in [-0.39, 0.29) is 16.9 Å². The lowest BCUT2D eigenvalue weighted by Gasteiger charge is -2.14. The number of amides is 2. The number of thiocarbonyl (C=S) groups is 1. The molecule has 2 rings (SSSR count). The SMILES string of the molecule is CCCCNC(=O)c1ccccc1NC(=S)NC(=O)c1ccc(OCC(C)C)cc1. The van der Waals surface area contributed by atoms with Crippen LogP contribution in [0.2, 0.25) is 0 Å². The van der Waals surface area contributed by atoms with E-state index < -0.39 is 0 Å². The predicted octanol–water partition coefficient (Wildman–Crippen LogP) is 4.38. The summed E-state index contributed by atoms with van der Waals surface area (Å²) < 4.78 is 5.63. The van der Waals surface area contributed by atoms with Crippen LogP contribution in [0.15, 0.2) is 48.5 Å². The fraction of sp³-hybridized carbons (Fsp3) is 0.348. The molecule has 0 radical (unpaired) electrons. The summed E-state index contributed by atoms with van der Waals surface area (Å²) in [5, 5.41) is 8.58. The number of hydrogen-bond donors (Lipinski definition) is 3. The molecule has 0 aromatic heterocycles. The molecule has 0 bridgehead atoms. The van der Waals surface area contributed by atoms with E-state index in [1.807, 2.05) is 0 Å². The van der Waals surface area contributed by atoms with E-state index in [9.17, 15) is 9.59 Å². The predicted molar refractivity (Wildman–Crippen MR) is 124 cm³/mol. The molecule has 0 saturated carbocycles. The lowest BCUT2D eigenvalue weighted by Crippen LogP contribution is -2.35. The van der Waals surface area contributed by atoms with Crippen LogP contribution in [0.25, 0.3) is 0 Å². The number of benzene rings is 2. The third-order valence-electron chi connectivity index (χ3n) is 4.16. The number of ether oxygens (including phenoxy) is 1. The molecule has 0 atom stereocenters. The minimum Gasteiger partial charge on any atom is -0.493 e. The summed E-state index contributed by atoms with van der Waals surface area (Å²) >= 11 is 5.26. The molecular weight excluding hydrogens is 398 g/mol. The highest BCUT2D eigenvalue weighted by atomic mass is 32.1. The Hall–Kier alpha value is -2.93. The number of nitrogens with one attached hydrogen (secondary N) is 3. The minimum absolute atomic E-state index is 0.119. The van der Waals surface area contributed by atoms with Crippen molar-refractivity contribution in [2.45, 2.75) is 33.6 Å². The molecule has 6 nitrogen and oxygen atoms in total. The highest BCUT2D eigenvalue weighted by molar-refractivity contribution is 7.80. The molecular formula is C23H29N3O3S. The third kappa shape index (κ3) is 7.48. The van der Waals surface area contributed by atoms with Crippen molar-refractivity contribution in [1.82, 2.24) is 10.6 Å². The summed E-state index contributed by atoms with van der Waals surface area (Å²) in [6.45, 7) is 7.44. The van der Waals surface area contributed by atoms with Gasteiger partial charge in [0.1, 0.15) is 5.75 Å². The Labute approximate surface area is 183 Å². The zero-order valence-corrected chi connectivity index (χ0v) is 18.5. The molecule has 30 heavy (non-hydrogen) atoms. The molecule has 0 fully saturated rings. The van der Waals surface area contributed by atoms with Crippen molar-refractivity contribution >= 4 is 34.8 Å². The fourth-order valence-corrected chi connectivity index (χ4v) is 2.76. The Morgan fingerprint density at radius 3 is 2.40 bits per heavy atom. The number of carbonyl (C=O) groups is 2. The zero-order valence-electron chi connectivity index (χ0n) is 17.7. The first kappa shape index (κ1) is 23.3. The quantitative estimate of drug-likeness (QED) is 0.409. The number of rotatable bonds is 9. The van der Waals surface area contributed by atoms with Gasteiger partial charge in [0.25, 0.3) is 11.8 Å². The largest absolute Gasteiger partial charge is 0.493 e. The second kappa shape index (κ2) is 11.9. The van der Waals surface area contributed by atoms with Crippen LogP contribution in [-0.4, -0.2) is 30.1 Å². The van der Waals surface area contributed by atoms with Crippen molar-refractivity contribution in [1.29, 1.82) is 0 Å². The van der Waals surface area contributed by atoms with Crippen molar-refractivity contribution in [2.24, 2.45) is 5.92 Å². The van der Waals surface area contributed by atoms with Gasteiger partial charge in [0.2, 0.25) is 0 Å². The maximum absolute atomic E-state index is 12.5. The van der Waals surface area contributed by atoms with Crippen molar-refractivity contribution in [3.05, 3.63) is 59.7 Å². The Morgan fingerprint density at radius 1 is 1.03 bits per heavy atom. The first-order chi connectivity index (χ1) is 14.4. The van der Waals surface area contributed by atoms with E-state index in [0.29, 0.717) is 41.6 Å². The van der Waals surface area contributed by atoms with E-state index in [1.165, 1.54) is 0 Å². The van der Waals surface area contributed by atoms with Gasteiger partial charge in [0.15, 0.2) is 5.11 Å². The van der Waals surface area contributed by atoms with Gasteiger partial charge in [-0.15, -0.1) is 0 Å². The maximum Gasteiger partial charge on any atom is 0.257 e. The van der Waals surface area contributed by atoms with Crippen LogP contribution < -0.4 is 20.7 Å². The van der Waals surface area contributed by atoms with E-state index in [1.54, 1.807) is 48.5 Å². The summed E-state index contributed by atoms with van der Waals surface area (Å²) in [6.07, 6.45) is 1.91. The Bertz CT molecular complexity index is 866. The van der Waals surface area contributed by atoms with Gasteiger partial charge in [-0.25, -0.2) is 0 Å². The smallest absolute Gasteiger partial charge is 0.257 e. The van der Waals surface area contributed by atoms with Gasteiger partial charge in [0.05, 0.1) is 17.9 Å². The van der Waals surface area contributed by atoms with Crippen LogP contribution in [0.1, 0.15) is 54.3 Å². The first-order valence-corrected chi connectivity index (χ1v) is 10.5. The van der Waals surface area contributed by atoms with Gasteiger partial charge in [-0.05, 0) is 61.0 Å². The summed E-state index contributed by atoms with van der Waals surface area (Å²) in [5.74, 6) is 0.613. The second-order valence-corrected chi connectivity index (χ2v) is 7.70. The fourth-order valence-electron chi connectivity index (χ4n) is 2.56. The van der Waals surface area contributed by atoms with Crippen LogP contribution >= 0.6 is 12.2 Å². The lowest BCUT2D eigenvalue weighted by atomic mass is 10.1. The number of para-hydroxylation sites is 1. The molecule has 0 saturated heterocycles. The molecule has 0 aliphatic carbocycles. The normalized spacial score (nSPS) is 10.4. The monoisotopic (exact) mass is 427 g/mol. The molecule has 2 aromatic carbocycles. The van der Waals surface area contributed by atoms with Crippen molar-refractivity contribution < 1.29 is 14.3 Å². The van der Waals surface area contributed by atoms with Crippen molar-refractivity contribution in [3.63, 3.8) is 0 Å². The van der Waals surface area contributed by atoms with Crippen LogP contribution in [0.4, 0.5) is 5.69 Å². The van der Waals surface area contributed by atoms with Gasteiger partial charge < -0.3 is 15.4 Å². The first-order valence-electron chi connectivity index (χ1n) is 10.1. The molecule has 0 heterocycles. The number of anilines is 1. The van der Waals surface area contributed by atoms with E-state index in [4.69, 9.17) is 17.0 Å². The Balaban J connectivity index is 1.95. The van der Waals surface area contributed by atoms with E-state index >= 15 is 0 Å². The number of carbonyl (C=O) groups excluding carboxylic acids is 2. The number of hydrogen-bond acceptors (Lipinski definition) is 4. The molecule has 3 N–H and O–H groups in total. The van der Waals surface area contributed by atoms with Crippen LogP contribution in [0, 0.1) is 5.92 Å². The molecule has 7 heteroatoms. The third-order valence-corrected chi connectivity index (χ3v) is 4.37. The lowest BCUT2D eigenvalue weighted by molar-refractivity contribution is 0.0952. The molecule has 0 aliphatic heterocycles. The summed E-state index contributed by atoms with van der Waals surface area (Å²) in [5.41, 5.74) is 1.47. The summed E-state index contributed by atoms with van der Waals surface area (Å²) in [6, 6.07) is 13.9. The number of unbranched alkanes of at least 4 members (excludes halogenated alkanes) is 1. The van der Waals surface area contributed by atoms with Gasteiger partial charge in [-0.2, -0.15) is 0 Å². The standard InChI is InChI=1S/C23H29N3O3S/c1-4-5-14-24-22(28)19-8-6-7-9-20(19)25-23(30)26-21(27)17-10-12-18(13-11-17)29-15-16(2)3/h6-13,16H,4-5,14-15H2,1-3H3,(H,24,28)(H2,25,26,27,30). The topological polar surface area (TPSA) is 79.5 Å². The summed E-state index contributed by atoms with van der Waals surface area (Å²) in [7, 11) is 0. The highest BCUT2D eigenvalue weighted by Gasteiger charge is 2.13. The van der Waals surface area contributed by atoms with Crippen molar-refractivity contribution in [3.8, 4) is 5.75 Å². The highest BCUT2D eigenvalue weighted by Crippen LogP contribution is 2.16. The molecule has 160 valence electrons. The van der Waals surface area contributed by atoms with Crippen LogP contribution in [0.3, 0.4) is 0 Å². The molecule has 2 amide bonds. The Morgan fingerprint density at radius 2 is 1.73 bits per heavy atom. The van der Waals surface area contributed by atoms with Crippen LogP contribution in [0.5, 0.6) is 5.75 Å². The van der Waals surface area contributed by atoms with E-state index in [2.05, 4.69) is 36.7 Å². The van der Waals surface area contributed by atoms with Crippen molar-refractivity contribution in [2.75, 3.05) is 18.5 Å².